The van der Waals surface area contributed by atoms with Gasteiger partial charge in [-0.2, -0.15) is 0 Å². The Morgan fingerprint density at radius 2 is 1.68 bits per heavy atom. The number of nitrogens with one attached hydrogen (secondary N) is 2. The van der Waals surface area contributed by atoms with Gasteiger partial charge in [-0.15, -0.1) is 0 Å². The Morgan fingerprint density at radius 1 is 0.976 bits per heavy atom. The molecule has 3 aliphatic rings. The Morgan fingerprint density at radius 3 is 2.39 bits per heavy atom. The van der Waals surface area contributed by atoms with Gasteiger partial charge in [-0.25, -0.2) is 9.59 Å². The molecule has 41 heavy (non-hydrogen) atoms. The number of ether oxygens (including phenoxy) is 1. The van der Waals surface area contributed by atoms with Gasteiger partial charge in [-0.3, -0.25) is 4.79 Å². The number of hydrogen-bond donors (Lipinski definition) is 2. The molecule has 0 saturated carbocycles. The fourth-order valence-electron chi connectivity index (χ4n) is 5.95. The number of rotatable bonds is 6. The highest BCUT2D eigenvalue weighted by Gasteiger charge is 2.35. The topological polar surface area (TPSA) is 94.2 Å². The molecule has 0 aromatic heterocycles. The van der Waals surface area contributed by atoms with E-state index in [1.807, 2.05) is 59.3 Å². The molecule has 3 aliphatic heterocycles. The van der Waals surface area contributed by atoms with Crippen LogP contribution in [0.5, 0.6) is 0 Å². The second-order valence-corrected chi connectivity index (χ2v) is 12.7. The van der Waals surface area contributed by atoms with Crippen LogP contribution in [0.25, 0.3) is 0 Å². The van der Waals surface area contributed by atoms with E-state index in [-0.39, 0.29) is 18.0 Å². The molecule has 4 amide bonds. The van der Waals surface area contributed by atoms with Crippen molar-refractivity contribution in [1.29, 1.82) is 0 Å². The first-order chi connectivity index (χ1) is 19.8. The third-order valence-electron chi connectivity index (χ3n) is 8.44. The van der Waals surface area contributed by atoms with Crippen LogP contribution in [0.3, 0.4) is 0 Å². The molecule has 2 aromatic rings. The van der Waals surface area contributed by atoms with Crippen molar-refractivity contribution in [2.45, 2.75) is 56.7 Å². The number of hydrogen-bond acceptors (Lipinski definition) is 5. The number of urea groups is 1. The highest BCUT2D eigenvalue weighted by atomic mass is 79.9. The maximum absolute atomic E-state index is 13.6. The Bertz CT molecular complexity index is 1260. The van der Waals surface area contributed by atoms with Gasteiger partial charge in [0.1, 0.15) is 0 Å². The number of fused-ring (bicyclic) bond motifs is 1. The first-order valence-corrected chi connectivity index (χ1v) is 15.9. The third-order valence-corrected chi connectivity index (χ3v) is 10.3. The van der Waals surface area contributed by atoms with Gasteiger partial charge in [-0.05, 0) is 100 Å². The second kappa shape index (κ2) is 13.6. The molecule has 1 unspecified atom stereocenters. The molecule has 11 heteroatoms. The summed E-state index contributed by atoms with van der Waals surface area (Å²) in [7, 11) is 1.94. The zero-order valence-electron chi connectivity index (χ0n) is 23.3. The SMILES string of the molecule is CNC1CCN(C(=O)C(Cc2ccc(Br)c(Br)c2)OC(=O)N2CCC(N3CCc4ccccc4NC3=O)CC2)CC1. The van der Waals surface area contributed by atoms with E-state index >= 15 is 0 Å². The van der Waals surface area contributed by atoms with Crippen molar-refractivity contribution in [3.63, 3.8) is 0 Å². The molecule has 2 aromatic carbocycles. The molecule has 2 saturated heterocycles. The first-order valence-electron chi connectivity index (χ1n) is 14.3. The summed E-state index contributed by atoms with van der Waals surface area (Å²) in [5, 5.41) is 6.33. The minimum atomic E-state index is -0.908. The van der Waals surface area contributed by atoms with E-state index in [4.69, 9.17) is 4.74 Å². The van der Waals surface area contributed by atoms with Gasteiger partial charge in [0, 0.05) is 65.9 Å². The van der Waals surface area contributed by atoms with Crippen molar-refractivity contribution in [3.05, 3.63) is 62.5 Å². The quantitative estimate of drug-likeness (QED) is 0.444. The van der Waals surface area contributed by atoms with Gasteiger partial charge >= 0.3 is 12.1 Å². The van der Waals surface area contributed by atoms with Gasteiger partial charge in [0.25, 0.3) is 5.91 Å². The number of benzene rings is 2. The van der Waals surface area contributed by atoms with Crippen LogP contribution in [-0.4, -0.2) is 90.7 Å². The Kier molecular flexibility index (Phi) is 9.87. The van der Waals surface area contributed by atoms with Crippen LogP contribution in [-0.2, 0) is 22.4 Å². The van der Waals surface area contributed by atoms with Gasteiger partial charge in [0.15, 0.2) is 6.10 Å². The van der Waals surface area contributed by atoms with Crippen molar-refractivity contribution < 1.29 is 19.1 Å². The number of halogens is 2. The lowest BCUT2D eigenvalue weighted by Crippen LogP contribution is -2.52. The Labute approximate surface area is 258 Å². The first kappa shape index (κ1) is 29.8. The van der Waals surface area contributed by atoms with E-state index in [1.54, 1.807) is 4.90 Å². The molecule has 2 N–H and O–H groups in total. The van der Waals surface area contributed by atoms with Crippen molar-refractivity contribution >= 4 is 55.6 Å². The van der Waals surface area contributed by atoms with Gasteiger partial charge < -0.3 is 30.1 Å². The van der Waals surface area contributed by atoms with E-state index in [9.17, 15) is 14.4 Å². The van der Waals surface area contributed by atoms with Crippen LogP contribution in [0.4, 0.5) is 15.3 Å². The predicted octanol–water partition coefficient (Wildman–Crippen LogP) is 5.02. The third kappa shape index (κ3) is 7.24. The van der Waals surface area contributed by atoms with Gasteiger partial charge in [0.2, 0.25) is 0 Å². The summed E-state index contributed by atoms with van der Waals surface area (Å²) in [4.78, 5) is 45.4. The van der Waals surface area contributed by atoms with E-state index in [0.717, 1.165) is 45.0 Å². The zero-order valence-corrected chi connectivity index (χ0v) is 26.5. The lowest BCUT2D eigenvalue weighted by atomic mass is 10.0. The average Bonchev–Trinajstić information content (AvgIpc) is 3.16. The fraction of sp³-hybridized carbons (Fsp3) is 0.500. The second-order valence-electron chi connectivity index (χ2n) is 11.0. The van der Waals surface area contributed by atoms with Crippen LogP contribution in [0.15, 0.2) is 51.4 Å². The Hall–Kier alpha value is -2.63. The number of carbonyl (C=O) groups is 3. The normalized spacial score (nSPS) is 19.3. The summed E-state index contributed by atoms with van der Waals surface area (Å²) in [6, 6.07) is 14.0. The van der Waals surface area contributed by atoms with Gasteiger partial charge in [-0.1, -0.05) is 24.3 Å². The number of anilines is 1. The highest BCUT2D eigenvalue weighted by molar-refractivity contribution is 9.13. The summed E-state index contributed by atoms with van der Waals surface area (Å²) >= 11 is 7.03. The average molecular weight is 691 g/mol. The summed E-state index contributed by atoms with van der Waals surface area (Å²) in [5.41, 5.74) is 2.90. The number of amides is 4. The molecule has 5 rings (SSSR count). The number of para-hydroxylation sites is 1. The van der Waals surface area contributed by atoms with E-state index < -0.39 is 12.2 Å². The standard InChI is InChI=1S/C30H37Br2N5O4/c1-33-22-9-13-35(14-10-22)28(38)27(19-20-6-7-24(31)25(32)18-20)41-30(40)36-15-11-23(12-16-36)37-17-8-21-4-2-3-5-26(21)34-29(37)39/h2-7,18,22-23,27,33H,8-17,19H2,1H3,(H,34,39). The van der Waals surface area contributed by atoms with Gasteiger partial charge in [0.05, 0.1) is 0 Å². The molecule has 3 heterocycles. The number of likely N-dealkylation sites (tertiary alicyclic amines) is 2. The molecule has 0 spiro atoms. The predicted molar refractivity (Wildman–Crippen MR) is 165 cm³/mol. The summed E-state index contributed by atoms with van der Waals surface area (Å²) in [6.07, 6.45) is 2.77. The smallest absolute Gasteiger partial charge is 0.410 e. The van der Waals surface area contributed by atoms with Crippen LogP contribution in [0.2, 0.25) is 0 Å². The van der Waals surface area contributed by atoms with Crippen molar-refractivity contribution in [1.82, 2.24) is 20.0 Å². The maximum Gasteiger partial charge on any atom is 0.410 e. The number of nitrogens with zero attached hydrogens (tertiary/aromatic N) is 3. The monoisotopic (exact) mass is 689 g/mol. The summed E-state index contributed by atoms with van der Waals surface area (Å²) in [6.45, 7) is 2.85. The molecule has 220 valence electrons. The largest absolute Gasteiger partial charge is 0.436 e. The minimum absolute atomic E-state index is 0.0411. The number of piperidine rings is 2. The molecular weight excluding hydrogens is 654 g/mol. The highest BCUT2D eigenvalue weighted by Crippen LogP contribution is 2.27. The molecule has 0 aliphatic carbocycles. The van der Waals surface area contributed by atoms with E-state index in [0.29, 0.717) is 58.0 Å². The van der Waals surface area contributed by atoms with Crippen molar-refractivity contribution in [2.24, 2.45) is 0 Å². The molecule has 1 atom stereocenters. The van der Waals surface area contributed by atoms with Crippen molar-refractivity contribution in [2.75, 3.05) is 45.1 Å². The van der Waals surface area contributed by atoms with E-state index in [2.05, 4.69) is 42.5 Å². The van der Waals surface area contributed by atoms with Crippen LogP contribution >= 0.6 is 31.9 Å². The van der Waals surface area contributed by atoms with Crippen LogP contribution < -0.4 is 10.6 Å². The molecule has 9 nitrogen and oxygen atoms in total. The Balaban J connectivity index is 1.21. The van der Waals surface area contributed by atoms with Crippen molar-refractivity contribution in [3.8, 4) is 0 Å². The number of carbonyl (C=O) groups excluding carboxylic acids is 3. The molecular formula is C30H37Br2N5O4. The summed E-state index contributed by atoms with van der Waals surface area (Å²) < 4.78 is 7.75. The lowest BCUT2D eigenvalue weighted by molar-refractivity contribution is -0.142. The van der Waals surface area contributed by atoms with Crippen LogP contribution in [0, 0.1) is 0 Å². The maximum atomic E-state index is 13.6. The molecule has 0 radical (unpaired) electrons. The summed E-state index contributed by atoms with van der Waals surface area (Å²) in [5.74, 6) is -0.150. The molecule has 0 bridgehead atoms. The molecule has 2 fully saturated rings. The minimum Gasteiger partial charge on any atom is -0.436 e. The van der Waals surface area contributed by atoms with Crippen LogP contribution in [0.1, 0.15) is 36.8 Å². The fourth-order valence-corrected chi connectivity index (χ4v) is 6.62. The van der Waals surface area contributed by atoms with E-state index in [1.165, 1.54) is 0 Å². The lowest BCUT2D eigenvalue weighted by Gasteiger charge is -2.38. The zero-order chi connectivity index (χ0) is 28.9.